The van der Waals surface area contributed by atoms with Crippen molar-refractivity contribution in [1.82, 2.24) is 0 Å². The first-order chi connectivity index (χ1) is 8.12. The largest absolute Gasteiger partial charge is 0.493 e. The fourth-order valence-electron chi connectivity index (χ4n) is 1.65. The molecule has 0 saturated heterocycles. The normalized spacial score (nSPS) is 12.0. The molecule has 0 fully saturated rings. The molecule has 1 unspecified atom stereocenters. The summed E-state index contributed by atoms with van der Waals surface area (Å²) >= 11 is 0. The molecule has 1 aromatic carbocycles. The standard InChI is InChI=1S/C13H18O4/c1-9(14)7-12(16-3)10-5-6-11(15-2)13(8-10)17-4/h5-6,8,12H,7H2,1-4H3. The van der Waals surface area contributed by atoms with Gasteiger partial charge in [0.1, 0.15) is 5.78 Å². The van der Waals surface area contributed by atoms with Gasteiger partial charge in [0, 0.05) is 13.5 Å². The number of ether oxygens (including phenoxy) is 3. The SMILES string of the molecule is COc1ccc(C(CC(C)=O)OC)cc1OC. The summed E-state index contributed by atoms with van der Waals surface area (Å²) in [6.07, 6.45) is 0.110. The lowest BCUT2D eigenvalue weighted by molar-refractivity contribution is -0.119. The topological polar surface area (TPSA) is 44.8 Å². The Balaban J connectivity index is 3.00. The van der Waals surface area contributed by atoms with Crippen molar-refractivity contribution in [1.29, 1.82) is 0 Å². The molecule has 4 heteroatoms. The molecule has 0 N–H and O–H groups in total. The lowest BCUT2D eigenvalue weighted by atomic mass is 10.0. The minimum atomic E-state index is -0.243. The van der Waals surface area contributed by atoms with Gasteiger partial charge in [0.2, 0.25) is 0 Å². The Kier molecular flexibility index (Phi) is 4.97. The molecule has 94 valence electrons. The highest BCUT2D eigenvalue weighted by molar-refractivity contribution is 5.76. The van der Waals surface area contributed by atoms with Gasteiger partial charge in [0.25, 0.3) is 0 Å². The Morgan fingerprint density at radius 2 is 1.82 bits per heavy atom. The predicted molar refractivity (Wildman–Crippen MR) is 64.6 cm³/mol. The molecule has 0 spiro atoms. The molecule has 0 aliphatic carbocycles. The van der Waals surface area contributed by atoms with Crippen molar-refractivity contribution in [2.75, 3.05) is 21.3 Å². The minimum absolute atomic E-state index is 0.0895. The van der Waals surface area contributed by atoms with E-state index in [2.05, 4.69) is 0 Å². The smallest absolute Gasteiger partial charge is 0.161 e. The van der Waals surface area contributed by atoms with Gasteiger partial charge in [0.05, 0.1) is 20.3 Å². The third kappa shape index (κ3) is 3.46. The Morgan fingerprint density at radius 1 is 1.18 bits per heavy atom. The molecule has 0 aliphatic rings. The zero-order chi connectivity index (χ0) is 12.8. The number of ketones is 1. The van der Waals surface area contributed by atoms with Crippen LogP contribution in [0.2, 0.25) is 0 Å². The van der Waals surface area contributed by atoms with Crippen molar-refractivity contribution in [3.8, 4) is 11.5 Å². The van der Waals surface area contributed by atoms with Gasteiger partial charge < -0.3 is 14.2 Å². The summed E-state index contributed by atoms with van der Waals surface area (Å²) in [5.74, 6) is 1.39. The van der Waals surface area contributed by atoms with Crippen molar-refractivity contribution in [3.05, 3.63) is 23.8 Å². The third-order valence-corrected chi connectivity index (χ3v) is 2.54. The molecular weight excluding hydrogens is 220 g/mol. The van der Waals surface area contributed by atoms with Crippen LogP contribution in [0.4, 0.5) is 0 Å². The summed E-state index contributed by atoms with van der Waals surface area (Å²) in [5.41, 5.74) is 0.903. The Bertz CT molecular complexity index is 387. The van der Waals surface area contributed by atoms with Gasteiger partial charge in [0.15, 0.2) is 11.5 Å². The van der Waals surface area contributed by atoms with Gasteiger partial charge in [-0.25, -0.2) is 0 Å². The molecule has 0 radical (unpaired) electrons. The summed E-state index contributed by atoms with van der Waals surface area (Å²) in [6.45, 7) is 1.55. The first-order valence-electron chi connectivity index (χ1n) is 5.36. The molecule has 0 bridgehead atoms. The van der Waals surface area contributed by atoms with Gasteiger partial charge >= 0.3 is 0 Å². The Labute approximate surface area is 101 Å². The van der Waals surface area contributed by atoms with Gasteiger partial charge in [-0.05, 0) is 24.6 Å². The maximum absolute atomic E-state index is 11.1. The first kappa shape index (κ1) is 13.5. The minimum Gasteiger partial charge on any atom is -0.493 e. The van der Waals surface area contributed by atoms with Crippen LogP contribution in [0.3, 0.4) is 0 Å². The van der Waals surface area contributed by atoms with E-state index in [1.165, 1.54) is 0 Å². The average Bonchev–Trinajstić information content (AvgIpc) is 2.34. The van der Waals surface area contributed by atoms with E-state index in [0.717, 1.165) is 5.56 Å². The van der Waals surface area contributed by atoms with Crippen molar-refractivity contribution < 1.29 is 19.0 Å². The van der Waals surface area contributed by atoms with E-state index in [9.17, 15) is 4.79 Å². The molecular formula is C13H18O4. The number of carbonyl (C=O) groups excluding carboxylic acids is 1. The van der Waals surface area contributed by atoms with Crippen LogP contribution in [-0.4, -0.2) is 27.1 Å². The molecule has 0 amide bonds. The fraction of sp³-hybridized carbons (Fsp3) is 0.462. The fourth-order valence-corrected chi connectivity index (χ4v) is 1.65. The molecule has 17 heavy (non-hydrogen) atoms. The number of hydrogen-bond acceptors (Lipinski definition) is 4. The maximum Gasteiger partial charge on any atom is 0.161 e. The molecule has 0 aliphatic heterocycles. The monoisotopic (exact) mass is 238 g/mol. The van der Waals surface area contributed by atoms with Gasteiger partial charge in [-0.15, -0.1) is 0 Å². The van der Waals surface area contributed by atoms with E-state index >= 15 is 0 Å². The summed E-state index contributed by atoms with van der Waals surface area (Å²) in [5, 5.41) is 0. The Morgan fingerprint density at radius 3 is 2.29 bits per heavy atom. The summed E-state index contributed by atoms with van der Waals surface area (Å²) in [7, 11) is 4.75. The maximum atomic E-state index is 11.1. The van der Waals surface area contributed by atoms with Crippen LogP contribution in [0.15, 0.2) is 18.2 Å². The zero-order valence-electron chi connectivity index (χ0n) is 10.6. The van der Waals surface area contributed by atoms with Crippen molar-refractivity contribution >= 4 is 5.78 Å². The third-order valence-electron chi connectivity index (χ3n) is 2.54. The van der Waals surface area contributed by atoms with Crippen LogP contribution < -0.4 is 9.47 Å². The number of rotatable bonds is 6. The highest BCUT2D eigenvalue weighted by Gasteiger charge is 2.15. The number of benzene rings is 1. The van der Waals surface area contributed by atoms with E-state index in [1.807, 2.05) is 12.1 Å². The molecule has 1 rings (SSSR count). The lowest BCUT2D eigenvalue weighted by Gasteiger charge is -2.16. The quantitative estimate of drug-likeness (QED) is 0.763. The van der Waals surface area contributed by atoms with Crippen LogP contribution in [0.5, 0.6) is 11.5 Å². The van der Waals surface area contributed by atoms with Crippen LogP contribution in [0.1, 0.15) is 25.0 Å². The molecule has 1 atom stereocenters. The van der Waals surface area contributed by atoms with Crippen LogP contribution in [0.25, 0.3) is 0 Å². The van der Waals surface area contributed by atoms with Crippen molar-refractivity contribution in [2.45, 2.75) is 19.4 Å². The second kappa shape index (κ2) is 6.25. The zero-order valence-corrected chi connectivity index (χ0v) is 10.6. The van der Waals surface area contributed by atoms with Gasteiger partial charge in [-0.2, -0.15) is 0 Å². The highest BCUT2D eigenvalue weighted by Crippen LogP contribution is 2.31. The number of hydrogen-bond donors (Lipinski definition) is 0. The number of Topliss-reactive ketones (excluding diaryl/α,β-unsaturated/α-hetero) is 1. The van der Waals surface area contributed by atoms with E-state index in [1.54, 1.807) is 34.3 Å². The lowest BCUT2D eigenvalue weighted by Crippen LogP contribution is -2.06. The molecule has 0 aromatic heterocycles. The number of carbonyl (C=O) groups is 1. The first-order valence-corrected chi connectivity index (χ1v) is 5.36. The molecule has 4 nitrogen and oxygen atoms in total. The van der Waals surface area contributed by atoms with Crippen LogP contribution in [-0.2, 0) is 9.53 Å². The summed E-state index contributed by atoms with van der Waals surface area (Å²) in [6, 6.07) is 5.51. The van der Waals surface area contributed by atoms with Gasteiger partial charge in [-0.3, -0.25) is 4.79 Å². The van der Waals surface area contributed by atoms with Crippen LogP contribution >= 0.6 is 0 Å². The van der Waals surface area contributed by atoms with E-state index in [4.69, 9.17) is 14.2 Å². The molecule has 1 aromatic rings. The highest BCUT2D eigenvalue weighted by atomic mass is 16.5. The van der Waals surface area contributed by atoms with E-state index in [0.29, 0.717) is 17.9 Å². The predicted octanol–water partition coefficient (Wildman–Crippen LogP) is 2.37. The van der Waals surface area contributed by atoms with E-state index in [-0.39, 0.29) is 11.9 Å². The summed E-state index contributed by atoms with van der Waals surface area (Å²) < 4.78 is 15.7. The Hall–Kier alpha value is -1.55. The van der Waals surface area contributed by atoms with Crippen molar-refractivity contribution in [3.63, 3.8) is 0 Å². The van der Waals surface area contributed by atoms with E-state index < -0.39 is 0 Å². The summed E-state index contributed by atoms with van der Waals surface area (Å²) in [4.78, 5) is 11.1. The second-order valence-electron chi connectivity index (χ2n) is 3.74. The van der Waals surface area contributed by atoms with Crippen LogP contribution in [0, 0.1) is 0 Å². The van der Waals surface area contributed by atoms with Gasteiger partial charge in [-0.1, -0.05) is 6.07 Å². The second-order valence-corrected chi connectivity index (χ2v) is 3.74. The van der Waals surface area contributed by atoms with Crippen molar-refractivity contribution in [2.24, 2.45) is 0 Å². The molecule has 0 heterocycles. The number of methoxy groups -OCH3 is 3. The average molecular weight is 238 g/mol. The molecule has 0 saturated carbocycles.